The van der Waals surface area contributed by atoms with Gasteiger partial charge in [0.05, 0.1) is 5.52 Å². The lowest BCUT2D eigenvalue weighted by Gasteiger charge is -2.21. The summed E-state index contributed by atoms with van der Waals surface area (Å²) >= 11 is 6.59. The molecule has 0 spiro atoms. The summed E-state index contributed by atoms with van der Waals surface area (Å²) in [4.78, 5) is 4.56. The van der Waals surface area contributed by atoms with Crippen LogP contribution in [0.4, 0.5) is 0 Å². The summed E-state index contributed by atoms with van der Waals surface area (Å²) < 4.78 is 0. The smallest absolute Gasteiger partial charge is 0.0737 e. The van der Waals surface area contributed by atoms with Gasteiger partial charge in [-0.05, 0) is 24.5 Å². The molecule has 0 radical (unpaired) electrons. The van der Waals surface area contributed by atoms with Gasteiger partial charge in [0, 0.05) is 22.9 Å². The number of hydrogen-bond acceptors (Lipinski definition) is 1. The van der Waals surface area contributed by atoms with E-state index in [2.05, 4.69) is 29.2 Å². The highest BCUT2D eigenvalue weighted by molar-refractivity contribution is 6.21. The minimum absolute atomic E-state index is 0.264. The fourth-order valence-electron chi connectivity index (χ4n) is 3.04. The number of hydrogen-bond donors (Lipinski definition) is 0. The van der Waals surface area contributed by atoms with Gasteiger partial charge in [-0.2, -0.15) is 0 Å². The highest BCUT2D eigenvalue weighted by Crippen LogP contribution is 2.37. The van der Waals surface area contributed by atoms with Crippen molar-refractivity contribution in [3.63, 3.8) is 0 Å². The van der Waals surface area contributed by atoms with Gasteiger partial charge >= 0.3 is 0 Å². The normalized spacial score (nSPS) is 24.9. The van der Waals surface area contributed by atoms with Gasteiger partial charge < -0.3 is 0 Å². The van der Waals surface area contributed by atoms with Crippen LogP contribution in [0.25, 0.3) is 10.9 Å². The highest BCUT2D eigenvalue weighted by atomic mass is 35.5. The standard InChI is InChI=1S/C16H18ClN/c17-15-10-3-1-2-8-13(15)14-9-4-6-12-7-5-11-18-16(12)14/h4-7,9,11,13,15H,1-3,8,10H2. The van der Waals surface area contributed by atoms with Crippen LogP contribution in [-0.4, -0.2) is 10.4 Å². The summed E-state index contributed by atoms with van der Waals surface area (Å²) in [5, 5.41) is 1.49. The molecule has 1 heterocycles. The molecule has 1 aliphatic rings. The van der Waals surface area contributed by atoms with Crippen LogP contribution < -0.4 is 0 Å². The van der Waals surface area contributed by atoms with Gasteiger partial charge in [-0.1, -0.05) is 43.5 Å². The van der Waals surface area contributed by atoms with Gasteiger partial charge in [-0.15, -0.1) is 11.6 Å². The Morgan fingerprint density at radius 2 is 1.83 bits per heavy atom. The molecule has 2 heteroatoms. The molecule has 2 unspecified atom stereocenters. The van der Waals surface area contributed by atoms with Gasteiger partial charge in [-0.25, -0.2) is 0 Å². The van der Waals surface area contributed by atoms with E-state index in [1.165, 1.54) is 36.6 Å². The monoisotopic (exact) mass is 259 g/mol. The summed E-state index contributed by atoms with van der Waals surface area (Å²) in [5.41, 5.74) is 2.48. The molecule has 1 fully saturated rings. The third kappa shape index (κ3) is 2.24. The van der Waals surface area contributed by atoms with E-state index < -0.39 is 0 Å². The number of fused-ring (bicyclic) bond motifs is 1. The molecule has 1 saturated carbocycles. The molecule has 3 rings (SSSR count). The lowest BCUT2D eigenvalue weighted by atomic mass is 9.89. The molecule has 2 atom stereocenters. The Balaban J connectivity index is 2.07. The Bertz CT molecular complexity index is 532. The molecule has 18 heavy (non-hydrogen) atoms. The van der Waals surface area contributed by atoms with Crippen LogP contribution in [0.15, 0.2) is 36.5 Å². The second-order valence-electron chi connectivity index (χ2n) is 5.18. The first-order valence-electron chi connectivity index (χ1n) is 6.84. The summed E-state index contributed by atoms with van der Waals surface area (Å²) in [6.07, 6.45) is 8.09. The molecule has 0 saturated heterocycles. The molecule has 94 valence electrons. The van der Waals surface area contributed by atoms with Crippen molar-refractivity contribution >= 4 is 22.5 Å². The Morgan fingerprint density at radius 1 is 1.00 bits per heavy atom. The summed E-state index contributed by atoms with van der Waals surface area (Å²) in [6.45, 7) is 0. The van der Waals surface area contributed by atoms with Gasteiger partial charge in [-0.3, -0.25) is 4.98 Å². The van der Waals surface area contributed by atoms with Gasteiger partial charge in [0.1, 0.15) is 0 Å². The van der Waals surface area contributed by atoms with Crippen molar-refractivity contribution in [1.82, 2.24) is 4.98 Å². The van der Waals surface area contributed by atoms with E-state index in [0.717, 1.165) is 11.9 Å². The molecule has 1 aromatic carbocycles. The number of halogens is 1. The molecule has 0 aliphatic heterocycles. The zero-order valence-electron chi connectivity index (χ0n) is 10.5. The van der Waals surface area contributed by atoms with Crippen LogP contribution in [0.1, 0.15) is 43.6 Å². The summed E-state index contributed by atoms with van der Waals surface area (Å²) in [5.74, 6) is 0.466. The molecular formula is C16H18ClN. The molecule has 0 amide bonds. The highest BCUT2D eigenvalue weighted by Gasteiger charge is 2.24. The number of aromatic nitrogens is 1. The van der Waals surface area contributed by atoms with Crippen molar-refractivity contribution in [3.8, 4) is 0 Å². The zero-order chi connectivity index (χ0) is 12.4. The third-order valence-corrected chi connectivity index (χ3v) is 4.52. The van der Waals surface area contributed by atoms with Crippen molar-refractivity contribution < 1.29 is 0 Å². The van der Waals surface area contributed by atoms with Crippen LogP contribution in [0, 0.1) is 0 Å². The molecular weight excluding hydrogens is 242 g/mol. The Morgan fingerprint density at radius 3 is 2.78 bits per heavy atom. The van der Waals surface area contributed by atoms with E-state index in [1.807, 2.05) is 12.3 Å². The average molecular weight is 260 g/mol. The van der Waals surface area contributed by atoms with Crippen molar-refractivity contribution in [2.45, 2.75) is 43.4 Å². The predicted octanol–water partition coefficient (Wildman–Crippen LogP) is 4.89. The van der Waals surface area contributed by atoms with Crippen LogP contribution in [0.3, 0.4) is 0 Å². The van der Waals surface area contributed by atoms with Crippen LogP contribution >= 0.6 is 11.6 Å². The number of para-hydroxylation sites is 1. The van der Waals surface area contributed by atoms with Crippen LogP contribution in [-0.2, 0) is 0 Å². The number of rotatable bonds is 1. The first-order chi connectivity index (χ1) is 8.86. The lowest BCUT2D eigenvalue weighted by Crippen LogP contribution is -2.12. The van der Waals surface area contributed by atoms with Crippen molar-refractivity contribution in [2.24, 2.45) is 0 Å². The Kier molecular flexibility index (Phi) is 3.51. The fraction of sp³-hybridized carbons (Fsp3) is 0.438. The molecule has 2 aromatic rings. The summed E-state index contributed by atoms with van der Waals surface area (Å²) in [7, 11) is 0. The van der Waals surface area contributed by atoms with Crippen LogP contribution in [0.5, 0.6) is 0 Å². The van der Waals surface area contributed by atoms with Crippen LogP contribution in [0.2, 0.25) is 0 Å². The largest absolute Gasteiger partial charge is 0.256 e. The maximum atomic E-state index is 6.59. The van der Waals surface area contributed by atoms with Crippen molar-refractivity contribution in [2.75, 3.05) is 0 Å². The molecule has 1 nitrogen and oxygen atoms in total. The number of nitrogens with zero attached hydrogens (tertiary/aromatic N) is 1. The number of alkyl halides is 1. The van der Waals surface area contributed by atoms with Crippen molar-refractivity contribution in [1.29, 1.82) is 0 Å². The van der Waals surface area contributed by atoms with E-state index in [0.29, 0.717) is 5.92 Å². The summed E-state index contributed by atoms with van der Waals surface area (Å²) in [6, 6.07) is 10.6. The van der Waals surface area contributed by atoms with E-state index in [1.54, 1.807) is 0 Å². The zero-order valence-corrected chi connectivity index (χ0v) is 11.2. The van der Waals surface area contributed by atoms with E-state index in [9.17, 15) is 0 Å². The lowest BCUT2D eigenvalue weighted by molar-refractivity contribution is 0.603. The molecule has 1 aliphatic carbocycles. The van der Waals surface area contributed by atoms with E-state index in [4.69, 9.17) is 11.6 Å². The molecule has 0 N–H and O–H groups in total. The number of pyridine rings is 1. The molecule has 0 bridgehead atoms. The fourth-order valence-corrected chi connectivity index (χ4v) is 3.46. The van der Waals surface area contributed by atoms with Gasteiger partial charge in [0.25, 0.3) is 0 Å². The first-order valence-corrected chi connectivity index (χ1v) is 7.27. The second kappa shape index (κ2) is 5.27. The third-order valence-electron chi connectivity index (χ3n) is 4.00. The maximum Gasteiger partial charge on any atom is 0.0737 e. The van der Waals surface area contributed by atoms with Gasteiger partial charge in [0.15, 0.2) is 0 Å². The molecule has 1 aromatic heterocycles. The van der Waals surface area contributed by atoms with Crippen molar-refractivity contribution in [3.05, 3.63) is 42.1 Å². The minimum atomic E-state index is 0.264. The topological polar surface area (TPSA) is 12.9 Å². The Hall–Kier alpha value is -1.08. The second-order valence-corrected chi connectivity index (χ2v) is 5.74. The Labute approximate surface area is 113 Å². The van der Waals surface area contributed by atoms with E-state index >= 15 is 0 Å². The minimum Gasteiger partial charge on any atom is -0.256 e. The first kappa shape index (κ1) is 12.0. The quantitative estimate of drug-likeness (QED) is 0.525. The number of benzene rings is 1. The van der Waals surface area contributed by atoms with E-state index in [-0.39, 0.29) is 5.38 Å². The maximum absolute atomic E-state index is 6.59. The SMILES string of the molecule is ClC1CCCCCC1c1cccc2cccnc12. The van der Waals surface area contributed by atoms with Gasteiger partial charge in [0.2, 0.25) is 0 Å². The average Bonchev–Trinajstić information content (AvgIpc) is 2.63. The predicted molar refractivity (Wildman–Crippen MR) is 77.2 cm³/mol.